The summed E-state index contributed by atoms with van der Waals surface area (Å²) in [5.74, 6) is -0.114. The molecule has 0 aliphatic rings. The van der Waals surface area contributed by atoms with Crippen LogP contribution in [0.5, 0.6) is 0 Å². The molecule has 19 heavy (non-hydrogen) atoms. The van der Waals surface area contributed by atoms with Crippen LogP contribution in [-0.4, -0.2) is 11.0 Å². The zero-order valence-electron chi connectivity index (χ0n) is 11.9. The molecule has 4 nitrogen and oxygen atoms in total. The summed E-state index contributed by atoms with van der Waals surface area (Å²) in [7, 11) is 0. The van der Waals surface area contributed by atoms with Gasteiger partial charge in [0.2, 0.25) is 0 Å². The number of nitro groups is 1. The van der Waals surface area contributed by atoms with Gasteiger partial charge in [-0.05, 0) is 31.4 Å². The molecule has 1 N–H and O–H groups in total. The van der Waals surface area contributed by atoms with E-state index in [1.165, 1.54) is 6.07 Å². The second-order valence-corrected chi connectivity index (χ2v) is 4.89. The first-order valence-electron chi connectivity index (χ1n) is 6.61. The van der Waals surface area contributed by atoms with Gasteiger partial charge in [-0.2, -0.15) is 0 Å². The van der Waals surface area contributed by atoms with Gasteiger partial charge in [0.25, 0.3) is 5.69 Å². The minimum Gasteiger partial charge on any atom is -0.377 e. The highest BCUT2D eigenvalue weighted by molar-refractivity contribution is 5.63. The van der Waals surface area contributed by atoms with Crippen molar-refractivity contribution in [3.05, 3.63) is 33.6 Å². The molecule has 0 aliphatic heterocycles. The van der Waals surface area contributed by atoms with E-state index in [4.69, 9.17) is 0 Å². The average Bonchev–Trinajstić information content (AvgIpc) is 2.34. The van der Waals surface area contributed by atoms with Crippen LogP contribution in [-0.2, 0) is 0 Å². The number of nitrogens with one attached hydrogen (secondary N) is 1. The normalized spacial score (nSPS) is 12.5. The van der Waals surface area contributed by atoms with Crippen molar-refractivity contribution in [2.24, 2.45) is 5.92 Å². The van der Waals surface area contributed by atoms with Gasteiger partial charge in [0.1, 0.15) is 11.5 Å². The third-order valence-corrected chi connectivity index (χ3v) is 3.61. The second-order valence-electron chi connectivity index (χ2n) is 4.89. The lowest BCUT2D eigenvalue weighted by Gasteiger charge is -2.23. The fourth-order valence-electron chi connectivity index (χ4n) is 2.30. The molecule has 0 saturated carbocycles. The Morgan fingerprint density at radius 3 is 2.42 bits per heavy atom. The molecule has 0 radical (unpaired) electrons. The van der Waals surface area contributed by atoms with E-state index >= 15 is 0 Å². The number of anilines is 1. The lowest BCUT2D eigenvalue weighted by molar-refractivity contribution is -0.384. The van der Waals surface area contributed by atoms with Crippen LogP contribution >= 0.6 is 0 Å². The predicted molar refractivity (Wildman–Crippen MR) is 74.9 cm³/mol. The standard InChI is InChI=1S/C14H21FN2O2/c1-5-11(6-2)10(4)16-13-7-9(3)12(15)8-14(13)17(18)19/h7-8,10-11,16H,5-6H2,1-4H3. The molecule has 1 rings (SSSR count). The predicted octanol–water partition coefficient (Wildman–Crippen LogP) is 4.28. The average molecular weight is 268 g/mol. The molecule has 1 unspecified atom stereocenters. The number of nitro benzene ring substituents is 1. The molecule has 1 atom stereocenters. The highest BCUT2D eigenvalue weighted by atomic mass is 19.1. The van der Waals surface area contributed by atoms with Gasteiger partial charge in [-0.1, -0.05) is 26.7 Å². The van der Waals surface area contributed by atoms with Gasteiger partial charge in [-0.15, -0.1) is 0 Å². The molecule has 0 aliphatic carbocycles. The molecule has 0 heterocycles. The van der Waals surface area contributed by atoms with E-state index in [1.54, 1.807) is 6.92 Å². The Morgan fingerprint density at radius 1 is 1.37 bits per heavy atom. The number of hydrogen-bond acceptors (Lipinski definition) is 3. The van der Waals surface area contributed by atoms with Crippen LogP contribution in [0.4, 0.5) is 15.8 Å². The Morgan fingerprint density at radius 2 is 1.95 bits per heavy atom. The van der Waals surface area contributed by atoms with Gasteiger partial charge in [-0.3, -0.25) is 10.1 Å². The molecule has 106 valence electrons. The summed E-state index contributed by atoms with van der Waals surface area (Å²) < 4.78 is 13.4. The van der Waals surface area contributed by atoms with Crippen LogP contribution < -0.4 is 5.32 Å². The second kappa shape index (κ2) is 6.50. The minimum absolute atomic E-state index is 0.110. The van der Waals surface area contributed by atoms with Gasteiger partial charge in [-0.25, -0.2) is 4.39 Å². The first-order valence-corrected chi connectivity index (χ1v) is 6.61. The van der Waals surface area contributed by atoms with Crippen LogP contribution in [0.1, 0.15) is 39.2 Å². The fourth-order valence-corrected chi connectivity index (χ4v) is 2.30. The first-order chi connectivity index (χ1) is 8.90. The van der Waals surface area contributed by atoms with Gasteiger partial charge in [0, 0.05) is 6.04 Å². The maximum Gasteiger partial charge on any atom is 0.295 e. The molecule has 0 aromatic heterocycles. The van der Waals surface area contributed by atoms with Crippen LogP contribution in [0.3, 0.4) is 0 Å². The Balaban J connectivity index is 3.06. The summed E-state index contributed by atoms with van der Waals surface area (Å²) in [5.41, 5.74) is 0.592. The topological polar surface area (TPSA) is 55.2 Å². The third-order valence-electron chi connectivity index (χ3n) is 3.61. The number of halogens is 1. The molecular weight excluding hydrogens is 247 g/mol. The number of hydrogen-bond donors (Lipinski definition) is 1. The van der Waals surface area contributed by atoms with Crippen molar-refractivity contribution in [2.45, 2.75) is 46.6 Å². The van der Waals surface area contributed by atoms with Crippen molar-refractivity contribution in [3.63, 3.8) is 0 Å². The zero-order valence-corrected chi connectivity index (χ0v) is 11.9. The fraction of sp³-hybridized carbons (Fsp3) is 0.571. The largest absolute Gasteiger partial charge is 0.377 e. The van der Waals surface area contributed by atoms with Crippen LogP contribution in [0.25, 0.3) is 0 Å². The van der Waals surface area contributed by atoms with E-state index in [9.17, 15) is 14.5 Å². The van der Waals surface area contributed by atoms with Crippen LogP contribution in [0, 0.1) is 28.8 Å². The van der Waals surface area contributed by atoms with Crippen molar-refractivity contribution in [3.8, 4) is 0 Å². The summed E-state index contributed by atoms with van der Waals surface area (Å²) in [5, 5.41) is 14.1. The highest BCUT2D eigenvalue weighted by Gasteiger charge is 2.21. The van der Waals surface area contributed by atoms with E-state index in [1.807, 2.05) is 6.92 Å². The molecule has 0 saturated heterocycles. The summed E-state index contributed by atoms with van der Waals surface area (Å²) in [6.07, 6.45) is 2.00. The zero-order chi connectivity index (χ0) is 14.6. The molecule has 1 aromatic rings. The van der Waals surface area contributed by atoms with Crippen molar-refractivity contribution in [1.29, 1.82) is 0 Å². The number of aryl methyl sites for hydroxylation is 1. The Bertz CT molecular complexity index is 459. The number of rotatable bonds is 6. The maximum absolute atomic E-state index is 13.4. The van der Waals surface area contributed by atoms with E-state index in [-0.39, 0.29) is 11.7 Å². The monoisotopic (exact) mass is 268 g/mol. The van der Waals surface area contributed by atoms with Crippen molar-refractivity contribution >= 4 is 11.4 Å². The smallest absolute Gasteiger partial charge is 0.295 e. The lowest BCUT2D eigenvalue weighted by atomic mass is 9.95. The molecule has 0 fully saturated rings. The van der Waals surface area contributed by atoms with E-state index in [0.29, 0.717) is 17.2 Å². The Labute approximate surface area is 113 Å². The summed E-state index contributed by atoms with van der Waals surface area (Å²) in [6.45, 7) is 7.79. The number of benzene rings is 1. The van der Waals surface area contributed by atoms with E-state index in [2.05, 4.69) is 19.2 Å². The first kappa shape index (κ1) is 15.4. The van der Waals surface area contributed by atoms with Crippen molar-refractivity contribution in [1.82, 2.24) is 0 Å². The summed E-state index contributed by atoms with van der Waals surface area (Å²) in [6, 6.07) is 2.60. The third kappa shape index (κ3) is 3.66. The molecule has 0 spiro atoms. The molecule has 0 bridgehead atoms. The summed E-state index contributed by atoms with van der Waals surface area (Å²) in [4.78, 5) is 10.4. The van der Waals surface area contributed by atoms with Gasteiger partial charge in [0.15, 0.2) is 0 Å². The Kier molecular flexibility index (Phi) is 5.27. The quantitative estimate of drug-likeness (QED) is 0.619. The highest BCUT2D eigenvalue weighted by Crippen LogP contribution is 2.29. The van der Waals surface area contributed by atoms with Crippen LogP contribution in [0.2, 0.25) is 0 Å². The van der Waals surface area contributed by atoms with Crippen LogP contribution in [0.15, 0.2) is 12.1 Å². The SMILES string of the molecule is CCC(CC)C(C)Nc1cc(C)c(F)cc1[N+](=O)[O-]. The van der Waals surface area contributed by atoms with E-state index in [0.717, 1.165) is 18.9 Å². The van der Waals surface area contributed by atoms with E-state index < -0.39 is 10.7 Å². The van der Waals surface area contributed by atoms with Crippen molar-refractivity contribution in [2.75, 3.05) is 5.32 Å². The number of nitrogens with zero attached hydrogens (tertiary/aromatic N) is 1. The Hall–Kier alpha value is -1.65. The minimum atomic E-state index is -0.551. The van der Waals surface area contributed by atoms with Gasteiger partial charge in [0.05, 0.1) is 11.0 Å². The molecule has 0 amide bonds. The van der Waals surface area contributed by atoms with Gasteiger partial charge < -0.3 is 5.32 Å². The summed E-state index contributed by atoms with van der Waals surface area (Å²) >= 11 is 0. The maximum atomic E-state index is 13.4. The molecular formula is C14H21FN2O2. The van der Waals surface area contributed by atoms with Crippen molar-refractivity contribution < 1.29 is 9.31 Å². The lowest BCUT2D eigenvalue weighted by Crippen LogP contribution is -2.25. The molecule has 5 heteroatoms. The molecule has 1 aromatic carbocycles. The van der Waals surface area contributed by atoms with Gasteiger partial charge >= 0.3 is 0 Å².